The van der Waals surface area contributed by atoms with Crippen LogP contribution in [0.3, 0.4) is 0 Å². The summed E-state index contributed by atoms with van der Waals surface area (Å²) in [6.45, 7) is 4.73. The van der Waals surface area contributed by atoms with Crippen molar-refractivity contribution in [1.29, 1.82) is 0 Å². The van der Waals surface area contributed by atoms with Crippen LogP contribution in [0.25, 0.3) is 0 Å². The first-order chi connectivity index (χ1) is 8.78. The van der Waals surface area contributed by atoms with Crippen molar-refractivity contribution in [2.24, 2.45) is 10.9 Å². The van der Waals surface area contributed by atoms with Crippen LogP contribution >= 0.6 is 24.0 Å². The highest BCUT2D eigenvalue weighted by Crippen LogP contribution is 2.24. The Kier molecular flexibility index (Phi) is 8.01. The number of guanidine groups is 1. The molecule has 2 aliphatic rings. The van der Waals surface area contributed by atoms with Crippen LogP contribution in [-0.2, 0) is 4.74 Å². The molecule has 1 heterocycles. The summed E-state index contributed by atoms with van der Waals surface area (Å²) in [7, 11) is 3.96. The lowest BCUT2D eigenvalue weighted by molar-refractivity contribution is -0.0161. The van der Waals surface area contributed by atoms with E-state index in [0.717, 1.165) is 44.7 Å². The minimum atomic E-state index is 0. The number of morpholine rings is 1. The van der Waals surface area contributed by atoms with E-state index in [1.165, 1.54) is 19.3 Å². The van der Waals surface area contributed by atoms with Crippen molar-refractivity contribution >= 4 is 29.9 Å². The molecule has 2 rings (SSSR count). The van der Waals surface area contributed by atoms with Crippen LogP contribution in [0.2, 0.25) is 0 Å². The third-order valence-electron chi connectivity index (χ3n) is 3.85. The Labute approximate surface area is 133 Å². The lowest BCUT2D eigenvalue weighted by Gasteiger charge is -2.31. The fourth-order valence-corrected chi connectivity index (χ4v) is 2.36. The molecule has 0 bridgehead atoms. The summed E-state index contributed by atoms with van der Waals surface area (Å²) < 4.78 is 5.71. The zero-order valence-corrected chi connectivity index (χ0v) is 14.4. The highest BCUT2D eigenvalue weighted by molar-refractivity contribution is 14.0. The maximum atomic E-state index is 5.71. The van der Waals surface area contributed by atoms with Crippen molar-refractivity contribution in [3.8, 4) is 0 Å². The van der Waals surface area contributed by atoms with Crippen molar-refractivity contribution in [3.63, 3.8) is 0 Å². The second kappa shape index (κ2) is 8.97. The van der Waals surface area contributed by atoms with E-state index in [4.69, 9.17) is 4.74 Å². The molecule has 1 saturated carbocycles. The van der Waals surface area contributed by atoms with Gasteiger partial charge in [-0.25, -0.2) is 0 Å². The van der Waals surface area contributed by atoms with Gasteiger partial charge in [-0.15, -0.1) is 24.0 Å². The molecule has 2 N–H and O–H groups in total. The molecule has 1 atom stereocenters. The molecule has 1 unspecified atom stereocenters. The first-order valence-corrected chi connectivity index (χ1v) is 7.02. The molecule has 2 fully saturated rings. The highest BCUT2D eigenvalue weighted by Gasteiger charge is 2.19. The van der Waals surface area contributed by atoms with E-state index in [-0.39, 0.29) is 30.1 Å². The molecule has 0 radical (unpaired) electrons. The van der Waals surface area contributed by atoms with E-state index >= 15 is 0 Å². The molecule has 0 aromatic carbocycles. The number of likely N-dealkylation sites (N-methyl/N-ethyl adjacent to an activating group) is 1. The molecular formula is C13H27IN4O. The predicted octanol–water partition coefficient (Wildman–Crippen LogP) is 0.900. The molecule has 0 aromatic rings. The highest BCUT2D eigenvalue weighted by atomic mass is 127. The summed E-state index contributed by atoms with van der Waals surface area (Å²) in [5.74, 6) is 1.75. The summed E-state index contributed by atoms with van der Waals surface area (Å²) in [6, 6.07) is 0. The number of aliphatic imine (C=N–C) groups is 1. The number of ether oxygens (including phenoxy) is 1. The number of nitrogens with zero attached hydrogens (tertiary/aromatic N) is 2. The third-order valence-corrected chi connectivity index (χ3v) is 3.85. The molecule has 6 heteroatoms. The first kappa shape index (κ1) is 17.0. The summed E-state index contributed by atoms with van der Waals surface area (Å²) in [5.41, 5.74) is 0. The van der Waals surface area contributed by atoms with Crippen LogP contribution in [0.15, 0.2) is 4.99 Å². The van der Waals surface area contributed by atoms with E-state index in [0.29, 0.717) is 0 Å². The lowest BCUT2D eigenvalue weighted by atomic mass is 9.85. The first-order valence-electron chi connectivity index (χ1n) is 7.02. The minimum Gasteiger partial charge on any atom is -0.374 e. The smallest absolute Gasteiger partial charge is 0.191 e. The number of rotatable bonds is 4. The Morgan fingerprint density at radius 3 is 2.63 bits per heavy atom. The van der Waals surface area contributed by atoms with E-state index < -0.39 is 0 Å². The van der Waals surface area contributed by atoms with Crippen molar-refractivity contribution in [2.45, 2.75) is 25.4 Å². The maximum absolute atomic E-state index is 5.71. The zero-order chi connectivity index (χ0) is 12.8. The lowest BCUT2D eigenvalue weighted by Crippen LogP contribution is -2.49. The van der Waals surface area contributed by atoms with Gasteiger partial charge in [0.2, 0.25) is 0 Å². The van der Waals surface area contributed by atoms with E-state index in [9.17, 15) is 0 Å². The molecule has 0 amide bonds. The van der Waals surface area contributed by atoms with Gasteiger partial charge in [-0.05, 0) is 25.8 Å². The monoisotopic (exact) mass is 382 g/mol. The quantitative estimate of drug-likeness (QED) is 0.431. The normalized spacial score (nSPS) is 25.4. The second-order valence-corrected chi connectivity index (χ2v) is 5.39. The Bertz CT molecular complexity index is 284. The number of hydrogen-bond acceptors (Lipinski definition) is 3. The van der Waals surface area contributed by atoms with E-state index in [1.54, 1.807) is 0 Å². The van der Waals surface area contributed by atoms with Crippen LogP contribution in [0.4, 0.5) is 0 Å². The number of nitrogens with one attached hydrogen (secondary N) is 2. The van der Waals surface area contributed by atoms with Gasteiger partial charge in [0, 0.05) is 33.2 Å². The van der Waals surface area contributed by atoms with Crippen molar-refractivity contribution < 1.29 is 4.74 Å². The molecule has 1 aliphatic heterocycles. The van der Waals surface area contributed by atoms with Crippen molar-refractivity contribution in [3.05, 3.63) is 0 Å². The molecule has 1 aliphatic carbocycles. The van der Waals surface area contributed by atoms with Gasteiger partial charge in [-0.1, -0.05) is 6.42 Å². The summed E-state index contributed by atoms with van der Waals surface area (Å²) >= 11 is 0. The molecule has 5 nitrogen and oxygen atoms in total. The van der Waals surface area contributed by atoms with Crippen LogP contribution in [0.1, 0.15) is 19.3 Å². The summed E-state index contributed by atoms with van der Waals surface area (Å²) in [5, 5.41) is 6.74. The fraction of sp³-hybridized carbons (Fsp3) is 0.923. The molecule has 112 valence electrons. The SMILES string of the molecule is CN=C(NCC1CCC1)NCC1CN(C)CCO1.I. The Hall–Kier alpha value is -0.0800. The largest absolute Gasteiger partial charge is 0.374 e. The van der Waals surface area contributed by atoms with Gasteiger partial charge < -0.3 is 20.3 Å². The van der Waals surface area contributed by atoms with Gasteiger partial charge in [-0.2, -0.15) is 0 Å². The fourth-order valence-electron chi connectivity index (χ4n) is 2.36. The Morgan fingerprint density at radius 2 is 2.05 bits per heavy atom. The van der Waals surface area contributed by atoms with E-state index in [2.05, 4.69) is 27.6 Å². The van der Waals surface area contributed by atoms with Gasteiger partial charge in [0.1, 0.15) is 0 Å². The average molecular weight is 382 g/mol. The average Bonchev–Trinajstić information content (AvgIpc) is 2.31. The second-order valence-electron chi connectivity index (χ2n) is 5.39. The minimum absolute atomic E-state index is 0. The summed E-state index contributed by atoms with van der Waals surface area (Å²) in [6.07, 6.45) is 4.38. The van der Waals surface area contributed by atoms with Crippen molar-refractivity contribution in [1.82, 2.24) is 15.5 Å². The maximum Gasteiger partial charge on any atom is 0.191 e. The van der Waals surface area contributed by atoms with Crippen LogP contribution in [0, 0.1) is 5.92 Å². The summed E-state index contributed by atoms with van der Waals surface area (Å²) in [4.78, 5) is 6.55. The molecule has 0 aromatic heterocycles. The Morgan fingerprint density at radius 1 is 1.32 bits per heavy atom. The van der Waals surface area contributed by atoms with Gasteiger partial charge in [0.05, 0.1) is 12.7 Å². The number of halogens is 1. The molecule has 0 spiro atoms. The molecule has 19 heavy (non-hydrogen) atoms. The van der Waals surface area contributed by atoms with Crippen LogP contribution < -0.4 is 10.6 Å². The standard InChI is InChI=1S/C13H26N4O.HI/c1-14-13(15-8-11-4-3-5-11)16-9-12-10-17(2)6-7-18-12;/h11-12H,3-10H2,1-2H3,(H2,14,15,16);1H. The zero-order valence-electron chi connectivity index (χ0n) is 12.0. The van der Waals surface area contributed by atoms with E-state index in [1.807, 2.05) is 7.05 Å². The van der Waals surface area contributed by atoms with Gasteiger partial charge in [-0.3, -0.25) is 4.99 Å². The molecule has 1 saturated heterocycles. The van der Waals surface area contributed by atoms with Gasteiger partial charge in [0.15, 0.2) is 5.96 Å². The van der Waals surface area contributed by atoms with Crippen molar-refractivity contribution in [2.75, 3.05) is 46.9 Å². The molecular weight excluding hydrogens is 355 g/mol. The van der Waals surface area contributed by atoms with Gasteiger partial charge >= 0.3 is 0 Å². The predicted molar refractivity (Wildman–Crippen MR) is 89.4 cm³/mol. The van der Waals surface area contributed by atoms with Crippen LogP contribution in [0.5, 0.6) is 0 Å². The van der Waals surface area contributed by atoms with Gasteiger partial charge in [0.25, 0.3) is 0 Å². The Balaban J connectivity index is 0.00000180. The topological polar surface area (TPSA) is 48.9 Å². The van der Waals surface area contributed by atoms with Crippen LogP contribution in [-0.4, -0.2) is 63.8 Å². The third kappa shape index (κ3) is 5.83. The number of hydrogen-bond donors (Lipinski definition) is 2.